The quantitative estimate of drug-likeness (QED) is 0.0436. The number of hydrogen-bond donors (Lipinski definition) is 1. The van der Waals surface area contributed by atoms with Crippen molar-refractivity contribution in [1.82, 2.24) is 0 Å². The van der Waals surface area contributed by atoms with Gasteiger partial charge in [0, 0.05) is 13.0 Å². The Hall–Kier alpha value is -1.39. The molecule has 0 radical (unpaired) electrons. The molecule has 0 aliphatic carbocycles. The lowest BCUT2D eigenvalue weighted by atomic mass is 10.1. The molecule has 0 amide bonds. The normalized spacial score (nSPS) is 12.7. The fraction of sp³-hybridized carbons (Fsp3) is 0.825. The molecule has 4 heteroatoms. The molecule has 1 unspecified atom stereocenters. The SMILES string of the molecule is CCCCC/C=C\C/C=C\CCCCCCCCCCCCOCC(CO)OC(=O)CCCCCCC/C=C\CCCCC. The van der Waals surface area contributed by atoms with Crippen LogP contribution in [0.5, 0.6) is 0 Å². The maximum atomic E-state index is 12.1. The van der Waals surface area contributed by atoms with E-state index in [4.69, 9.17) is 9.47 Å². The zero-order valence-corrected chi connectivity index (χ0v) is 29.4. The summed E-state index contributed by atoms with van der Waals surface area (Å²) in [6.07, 6.45) is 46.1. The maximum absolute atomic E-state index is 12.1. The molecule has 0 aromatic rings. The van der Waals surface area contributed by atoms with Gasteiger partial charge in [0.15, 0.2) is 0 Å². The third-order valence-electron chi connectivity index (χ3n) is 8.19. The van der Waals surface area contributed by atoms with Crippen LogP contribution in [-0.2, 0) is 14.3 Å². The van der Waals surface area contributed by atoms with E-state index in [0.29, 0.717) is 19.6 Å². The van der Waals surface area contributed by atoms with Gasteiger partial charge in [-0.15, -0.1) is 0 Å². The molecule has 0 spiro atoms. The third-order valence-corrected chi connectivity index (χ3v) is 8.19. The number of rotatable bonds is 35. The molecule has 44 heavy (non-hydrogen) atoms. The Kier molecular flexibility index (Phi) is 36.6. The summed E-state index contributed by atoms with van der Waals surface area (Å²) in [5, 5.41) is 9.55. The van der Waals surface area contributed by atoms with E-state index < -0.39 is 6.10 Å². The molecule has 0 aromatic carbocycles. The maximum Gasteiger partial charge on any atom is 0.306 e. The van der Waals surface area contributed by atoms with Gasteiger partial charge in [-0.1, -0.05) is 147 Å². The zero-order valence-electron chi connectivity index (χ0n) is 29.4. The minimum Gasteiger partial charge on any atom is -0.457 e. The highest BCUT2D eigenvalue weighted by Crippen LogP contribution is 2.13. The molecule has 0 bridgehead atoms. The molecular formula is C40H74O4. The number of carbonyl (C=O) groups excluding carboxylic acids is 1. The molecule has 0 heterocycles. The lowest BCUT2D eigenvalue weighted by Gasteiger charge is -2.15. The van der Waals surface area contributed by atoms with Crippen LogP contribution in [0, 0.1) is 0 Å². The molecule has 1 N–H and O–H groups in total. The van der Waals surface area contributed by atoms with E-state index in [2.05, 4.69) is 50.3 Å². The average Bonchev–Trinajstić information content (AvgIpc) is 3.03. The summed E-state index contributed by atoms with van der Waals surface area (Å²) in [5.41, 5.74) is 0. The number of unbranched alkanes of at least 4 members (excludes halogenated alkanes) is 21. The standard InChI is InChI=1S/C40H74O4/c1-3-5-7-9-11-13-15-17-18-19-20-21-22-23-24-26-28-30-32-34-36-43-38-39(37-41)44-40(42)35-33-31-29-27-25-16-14-12-10-8-6-4-2/h11-14,17-18,39,41H,3-10,15-16,19-38H2,1-2H3/b13-11-,14-12-,18-17-. The molecular weight excluding hydrogens is 544 g/mol. The van der Waals surface area contributed by atoms with Crippen LogP contribution in [0.1, 0.15) is 187 Å². The van der Waals surface area contributed by atoms with Gasteiger partial charge in [0.25, 0.3) is 0 Å². The molecule has 0 aromatic heterocycles. The van der Waals surface area contributed by atoms with Crippen molar-refractivity contribution in [3.63, 3.8) is 0 Å². The fourth-order valence-corrected chi connectivity index (χ4v) is 5.29. The van der Waals surface area contributed by atoms with Gasteiger partial charge in [-0.3, -0.25) is 4.79 Å². The van der Waals surface area contributed by atoms with Crippen molar-refractivity contribution in [2.24, 2.45) is 0 Å². The summed E-state index contributed by atoms with van der Waals surface area (Å²) in [6, 6.07) is 0. The first kappa shape index (κ1) is 42.6. The topological polar surface area (TPSA) is 55.8 Å². The van der Waals surface area contributed by atoms with Crippen LogP contribution in [-0.4, -0.2) is 37.0 Å². The monoisotopic (exact) mass is 619 g/mol. The average molecular weight is 619 g/mol. The number of ether oxygens (including phenoxy) is 2. The Bertz CT molecular complexity index is 654. The van der Waals surface area contributed by atoms with E-state index in [9.17, 15) is 9.90 Å². The van der Waals surface area contributed by atoms with E-state index in [1.54, 1.807) is 0 Å². The summed E-state index contributed by atoms with van der Waals surface area (Å²) < 4.78 is 11.1. The van der Waals surface area contributed by atoms with Crippen LogP contribution >= 0.6 is 0 Å². The number of aliphatic hydroxyl groups excluding tert-OH is 1. The Labute approximate surface area is 274 Å². The lowest BCUT2D eigenvalue weighted by Crippen LogP contribution is -2.27. The Morgan fingerprint density at radius 2 is 0.955 bits per heavy atom. The van der Waals surface area contributed by atoms with Crippen molar-refractivity contribution < 1.29 is 19.4 Å². The zero-order chi connectivity index (χ0) is 32.0. The van der Waals surface area contributed by atoms with Crippen molar-refractivity contribution in [2.45, 2.75) is 193 Å². The van der Waals surface area contributed by atoms with Gasteiger partial charge in [-0.25, -0.2) is 0 Å². The third kappa shape index (κ3) is 35.1. The van der Waals surface area contributed by atoms with E-state index in [-0.39, 0.29) is 12.6 Å². The van der Waals surface area contributed by atoms with Crippen LogP contribution in [0.25, 0.3) is 0 Å². The Morgan fingerprint density at radius 1 is 0.545 bits per heavy atom. The van der Waals surface area contributed by atoms with Crippen LogP contribution in [0.2, 0.25) is 0 Å². The van der Waals surface area contributed by atoms with E-state index in [1.807, 2.05) is 0 Å². The molecule has 0 aliphatic heterocycles. The van der Waals surface area contributed by atoms with Crippen molar-refractivity contribution in [1.29, 1.82) is 0 Å². The van der Waals surface area contributed by atoms with Crippen molar-refractivity contribution in [3.8, 4) is 0 Å². The minimum absolute atomic E-state index is 0.175. The predicted molar refractivity (Wildman–Crippen MR) is 191 cm³/mol. The van der Waals surface area contributed by atoms with Gasteiger partial charge >= 0.3 is 5.97 Å². The van der Waals surface area contributed by atoms with E-state index >= 15 is 0 Å². The smallest absolute Gasteiger partial charge is 0.306 e. The molecule has 0 rings (SSSR count). The highest BCUT2D eigenvalue weighted by Gasteiger charge is 2.13. The van der Waals surface area contributed by atoms with Crippen molar-refractivity contribution in [2.75, 3.05) is 19.8 Å². The second-order valence-electron chi connectivity index (χ2n) is 12.6. The summed E-state index contributed by atoms with van der Waals surface area (Å²) in [4.78, 5) is 12.1. The highest BCUT2D eigenvalue weighted by atomic mass is 16.6. The Morgan fingerprint density at radius 3 is 1.43 bits per heavy atom. The molecule has 0 saturated heterocycles. The molecule has 0 fully saturated rings. The van der Waals surface area contributed by atoms with Gasteiger partial charge in [0.05, 0.1) is 13.2 Å². The van der Waals surface area contributed by atoms with Crippen LogP contribution in [0.15, 0.2) is 36.5 Å². The minimum atomic E-state index is -0.537. The van der Waals surface area contributed by atoms with Gasteiger partial charge in [-0.05, 0) is 70.6 Å². The van der Waals surface area contributed by atoms with Crippen molar-refractivity contribution in [3.05, 3.63) is 36.5 Å². The number of aliphatic hydroxyl groups is 1. The summed E-state index contributed by atoms with van der Waals surface area (Å²) in [7, 11) is 0. The van der Waals surface area contributed by atoms with Gasteiger partial charge < -0.3 is 14.6 Å². The van der Waals surface area contributed by atoms with Crippen LogP contribution in [0.3, 0.4) is 0 Å². The first-order valence-corrected chi connectivity index (χ1v) is 19.1. The number of allylic oxidation sites excluding steroid dienone is 6. The molecule has 0 saturated carbocycles. The molecule has 258 valence electrons. The summed E-state index contributed by atoms with van der Waals surface area (Å²) >= 11 is 0. The van der Waals surface area contributed by atoms with Crippen LogP contribution in [0.4, 0.5) is 0 Å². The second-order valence-corrected chi connectivity index (χ2v) is 12.6. The summed E-state index contributed by atoms with van der Waals surface area (Å²) in [5.74, 6) is -0.212. The van der Waals surface area contributed by atoms with E-state index in [0.717, 1.165) is 25.7 Å². The second kappa shape index (κ2) is 37.8. The highest BCUT2D eigenvalue weighted by molar-refractivity contribution is 5.69. The number of esters is 1. The largest absolute Gasteiger partial charge is 0.457 e. The fourth-order valence-electron chi connectivity index (χ4n) is 5.29. The van der Waals surface area contributed by atoms with Gasteiger partial charge in [-0.2, -0.15) is 0 Å². The number of carbonyl (C=O) groups is 1. The Balaban J connectivity index is 3.43. The van der Waals surface area contributed by atoms with Gasteiger partial charge in [0.2, 0.25) is 0 Å². The first-order valence-electron chi connectivity index (χ1n) is 19.1. The summed E-state index contributed by atoms with van der Waals surface area (Å²) in [6.45, 7) is 5.29. The van der Waals surface area contributed by atoms with E-state index in [1.165, 1.54) is 141 Å². The lowest BCUT2D eigenvalue weighted by molar-refractivity contribution is -0.154. The van der Waals surface area contributed by atoms with Crippen LogP contribution < -0.4 is 0 Å². The molecule has 4 nitrogen and oxygen atoms in total. The number of hydrogen-bond acceptors (Lipinski definition) is 4. The van der Waals surface area contributed by atoms with Gasteiger partial charge in [0.1, 0.15) is 6.10 Å². The predicted octanol–water partition coefficient (Wildman–Crippen LogP) is 12.1. The molecule has 1 atom stereocenters. The first-order chi connectivity index (χ1) is 21.7. The van der Waals surface area contributed by atoms with Crippen molar-refractivity contribution >= 4 is 5.97 Å². The molecule has 0 aliphatic rings.